The summed E-state index contributed by atoms with van der Waals surface area (Å²) in [5.41, 5.74) is 0. The highest BCUT2D eigenvalue weighted by Crippen LogP contribution is 2.15. The molecule has 1 saturated heterocycles. The highest BCUT2D eigenvalue weighted by Gasteiger charge is 2.34. The second kappa shape index (κ2) is 14.1. The lowest BCUT2D eigenvalue weighted by molar-refractivity contribution is -0.862. The number of nitrogens with zero attached hydrogens (tertiary/aromatic N) is 2. The number of rotatable bonds is 10. The van der Waals surface area contributed by atoms with Gasteiger partial charge in [-0.2, -0.15) is 0 Å². The molecule has 0 aromatic carbocycles. The maximum atomic E-state index is 12.2. The summed E-state index contributed by atoms with van der Waals surface area (Å²) in [7, 11) is 6.20. The van der Waals surface area contributed by atoms with Crippen LogP contribution >= 0.6 is 0 Å². The summed E-state index contributed by atoms with van der Waals surface area (Å²) in [4.78, 5) is 25.6. The van der Waals surface area contributed by atoms with Crippen LogP contribution in [0.2, 0.25) is 0 Å². The minimum Gasteiger partial charge on any atom is -1.00 e. The SMILES string of the molecule is CCCCCCCCOC(=O)OC1CCN(CC#CC[N+](C)(C)C)C1=O.[I-]. The fourth-order valence-corrected chi connectivity index (χ4v) is 2.61. The number of ether oxygens (including phenoxy) is 2. The summed E-state index contributed by atoms with van der Waals surface area (Å²) in [6, 6.07) is 0. The Morgan fingerprint density at radius 2 is 1.81 bits per heavy atom. The highest BCUT2D eigenvalue weighted by molar-refractivity contribution is 5.85. The van der Waals surface area contributed by atoms with Crippen molar-refractivity contribution < 1.29 is 47.5 Å². The van der Waals surface area contributed by atoms with E-state index in [-0.39, 0.29) is 29.9 Å². The van der Waals surface area contributed by atoms with Crippen molar-refractivity contribution in [3.8, 4) is 11.8 Å². The van der Waals surface area contributed by atoms with Crippen molar-refractivity contribution in [1.29, 1.82) is 0 Å². The molecule has 1 aliphatic heterocycles. The van der Waals surface area contributed by atoms with E-state index in [2.05, 4.69) is 39.9 Å². The van der Waals surface area contributed by atoms with E-state index in [0.717, 1.165) is 30.3 Å². The molecular weight excluding hydrogens is 459 g/mol. The second-order valence-corrected chi connectivity index (χ2v) is 7.82. The van der Waals surface area contributed by atoms with Gasteiger partial charge >= 0.3 is 6.16 Å². The molecule has 1 aliphatic rings. The quantitative estimate of drug-likeness (QED) is 0.139. The van der Waals surface area contributed by atoms with Gasteiger partial charge in [0.05, 0.1) is 34.3 Å². The molecule has 1 rings (SSSR count). The number of amides is 1. The number of likely N-dealkylation sites (tertiary alicyclic amines) is 1. The van der Waals surface area contributed by atoms with Gasteiger partial charge in [-0.15, -0.1) is 0 Å². The highest BCUT2D eigenvalue weighted by atomic mass is 127. The van der Waals surface area contributed by atoms with Gasteiger partial charge in [-0.3, -0.25) is 4.79 Å². The topological polar surface area (TPSA) is 55.8 Å². The van der Waals surface area contributed by atoms with E-state index in [9.17, 15) is 9.59 Å². The molecule has 1 atom stereocenters. The third-order valence-corrected chi connectivity index (χ3v) is 4.15. The number of hydrogen-bond acceptors (Lipinski definition) is 4. The average molecular weight is 494 g/mol. The summed E-state index contributed by atoms with van der Waals surface area (Å²) in [5.74, 6) is 5.92. The van der Waals surface area contributed by atoms with Crippen molar-refractivity contribution in [3.63, 3.8) is 0 Å². The third kappa shape index (κ3) is 12.1. The van der Waals surface area contributed by atoms with Gasteiger partial charge in [-0.25, -0.2) is 4.79 Å². The lowest BCUT2D eigenvalue weighted by atomic mass is 10.1. The van der Waals surface area contributed by atoms with E-state index in [1.54, 1.807) is 4.90 Å². The number of carbonyl (C=O) groups is 2. The van der Waals surface area contributed by atoms with Gasteiger partial charge < -0.3 is 42.8 Å². The van der Waals surface area contributed by atoms with E-state index in [1.165, 1.54) is 19.3 Å². The average Bonchev–Trinajstić information content (AvgIpc) is 2.90. The number of hydrogen-bond donors (Lipinski definition) is 0. The van der Waals surface area contributed by atoms with Gasteiger partial charge in [0.15, 0.2) is 6.10 Å². The first-order valence-electron chi connectivity index (χ1n) is 9.72. The number of quaternary nitrogens is 1. The van der Waals surface area contributed by atoms with Gasteiger partial charge in [0.2, 0.25) is 0 Å². The molecule has 0 spiro atoms. The Kier molecular flexibility index (Phi) is 13.5. The van der Waals surface area contributed by atoms with Crippen molar-refractivity contribution in [3.05, 3.63) is 0 Å². The summed E-state index contributed by atoms with van der Waals surface area (Å²) in [6.45, 7) is 4.21. The predicted octanol–water partition coefficient (Wildman–Crippen LogP) is -0.185. The van der Waals surface area contributed by atoms with E-state index in [0.29, 0.717) is 26.1 Å². The molecule has 6 nitrogen and oxygen atoms in total. The van der Waals surface area contributed by atoms with E-state index < -0.39 is 12.3 Å². The van der Waals surface area contributed by atoms with Crippen LogP contribution in [0.5, 0.6) is 0 Å². The Morgan fingerprint density at radius 3 is 2.48 bits per heavy atom. The molecule has 156 valence electrons. The molecule has 1 amide bonds. The molecule has 1 unspecified atom stereocenters. The Hall–Kier alpha value is -1.01. The van der Waals surface area contributed by atoms with Crippen LogP contribution in [-0.2, 0) is 14.3 Å². The van der Waals surface area contributed by atoms with Gasteiger partial charge in [0.25, 0.3) is 5.91 Å². The fraction of sp³-hybridized carbons (Fsp3) is 0.800. The van der Waals surface area contributed by atoms with Crippen LogP contribution in [0.4, 0.5) is 4.79 Å². The smallest absolute Gasteiger partial charge is 0.509 e. The molecule has 0 aromatic heterocycles. The van der Waals surface area contributed by atoms with Crippen molar-refractivity contribution in [2.24, 2.45) is 0 Å². The van der Waals surface area contributed by atoms with Crippen molar-refractivity contribution >= 4 is 12.1 Å². The monoisotopic (exact) mass is 494 g/mol. The molecular formula is C20H35IN2O4. The zero-order chi connectivity index (χ0) is 19.4. The number of unbranched alkanes of at least 4 members (excludes halogenated alkanes) is 5. The summed E-state index contributed by atoms with van der Waals surface area (Å²) >= 11 is 0. The molecule has 27 heavy (non-hydrogen) atoms. The van der Waals surface area contributed by atoms with Crippen LogP contribution < -0.4 is 24.0 Å². The van der Waals surface area contributed by atoms with Crippen molar-refractivity contribution in [2.45, 2.75) is 58.0 Å². The molecule has 1 heterocycles. The van der Waals surface area contributed by atoms with Crippen molar-refractivity contribution in [2.75, 3.05) is 47.4 Å². The Morgan fingerprint density at radius 1 is 1.15 bits per heavy atom. The minimum atomic E-state index is -0.741. The van der Waals surface area contributed by atoms with Crippen LogP contribution in [0.3, 0.4) is 0 Å². The summed E-state index contributed by atoms with van der Waals surface area (Å²) < 4.78 is 11.0. The fourth-order valence-electron chi connectivity index (χ4n) is 2.61. The lowest BCUT2D eigenvalue weighted by Gasteiger charge is -2.20. The third-order valence-electron chi connectivity index (χ3n) is 4.15. The van der Waals surface area contributed by atoms with Crippen LogP contribution in [0.1, 0.15) is 51.9 Å². The molecule has 0 N–H and O–H groups in total. The first-order valence-corrected chi connectivity index (χ1v) is 9.72. The number of halogens is 1. The molecule has 0 saturated carbocycles. The van der Waals surface area contributed by atoms with Gasteiger partial charge in [0.1, 0.15) is 6.54 Å². The molecule has 0 bridgehead atoms. The predicted molar refractivity (Wildman–Crippen MR) is 101 cm³/mol. The Labute approximate surface area is 181 Å². The van der Waals surface area contributed by atoms with E-state index in [4.69, 9.17) is 9.47 Å². The lowest BCUT2D eigenvalue weighted by Crippen LogP contribution is -3.00. The zero-order valence-electron chi connectivity index (χ0n) is 17.3. The largest absolute Gasteiger partial charge is 1.00 e. The van der Waals surface area contributed by atoms with Gasteiger partial charge in [-0.1, -0.05) is 44.9 Å². The molecule has 0 aromatic rings. The minimum absolute atomic E-state index is 0. The van der Waals surface area contributed by atoms with E-state index >= 15 is 0 Å². The van der Waals surface area contributed by atoms with Gasteiger partial charge in [0, 0.05) is 13.0 Å². The normalized spacial score (nSPS) is 16.4. The Bertz CT molecular complexity index is 508. The molecule has 1 fully saturated rings. The van der Waals surface area contributed by atoms with E-state index in [1.807, 2.05) is 0 Å². The summed E-state index contributed by atoms with van der Waals surface area (Å²) in [5, 5.41) is 0. The van der Waals surface area contributed by atoms with Crippen LogP contribution in [0, 0.1) is 11.8 Å². The zero-order valence-corrected chi connectivity index (χ0v) is 19.4. The van der Waals surface area contributed by atoms with Crippen molar-refractivity contribution in [1.82, 2.24) is 4.90 Å². The maximum absolute atomic E-state index is 12.2. The van der Waals surface area contributed by atoms with Crippen LogP contribution in [0.15, 0.2) is 0 Å². The summed E-state index contributed by atoms with van der Waals surface area (Å²) in [6.07, 6.45) is 5.78. The molecule has 0 aliphatic carbocycles. The second-order valence-electron chi connectivity index (χ2n) is 7.82. The standard InChI is InChI=1S/C20H35N2O4.HI/c1-5-6-7-8-9-12-17-25-20(24)26-18-13-15-21(19(18)23)14-10-11-16-22(2,3)4;/h18H,5-9,12-17H2,1-4H3;1H/q+1;/p-1. The molecule has 7 heteroatoms. The first kappa shape index (κ1) is 26.0. The van der Waals surface area contributed by atoms with Crippen LogP contribution in [-0.4, -0.2) is 74.9 Å². The van der Waals surface area contributed by atoms with Crippen LogP contribution in [0.25, 0.3) is 0 Å². The maximum Gasteiger partial charge on any atom is 0.509 e. The van der Waals surface area contributed by atoms with Gasteiger partial charge in [-0.05, 0) is 12.3 Å². The Balaban J connectivity index is 0.00000676. The molecule has 0 radical (unpaired) electrons. The number of carbonyl (C=O) groups excluding carboxylic acids is 2. The first-order chi connectivity index (χ1) is 12.3.